The van der Waals surface area contributed by atoms with Gasteiger partial charge < -0.3 is 14.5 Å². The van der Waals surface area contributed by atoms with E-state index in [1.807, 2.05) is 24.3 Å². The molecule has 0 saturated carbocycles. The van der Waals surface area contributed by atoms with Gasteiger partial charge in [0.15, 0.2) is 0 Å². The summed E-state index contributed by atoms with van der Waals surface area (Å²) in [4.78, 5) is 12.1. The van der Waals surface area contributed by atoms with E-state index in [-0.39, 0.29) is 11.5 Å². The Balaban J connectivity index is 2.00. The fourth-order valence-electron chi connectivity index (χ4n) is 3.56. The summed E-state index contributed by atoms with van der Waals surface area (Å²) in [7, 11) is 1.60. The number of hydrogen-bond donors (Lipinski definition) is 1. The molecule has 2 aromatic carbocycles. The van der Waals surface area contributed by atoms with Crippen molar-refractivity contribution in [3.63, 3.8) is 0 Å². The van der Waals surface area contributed by atoms with Crippen molar-refractivity contribution in [3.05, 3.63) is 104 Å². The summed E-state index contributed by atoms with van der Waals surface area (Å²) in [6.07, 6.45) is 2.22. The maximum absolute atomic E-state index is 12.1. The summed E-state index contributed by atoms with van der Waals surface area (Å²) in [6, 6.07) is 19.6. The van der Waals surface area contributed by atoms with Gasteiger partial charge in [-0.2, -0.15) is 0 Å². The lowest BCUT2D eigenvalue weighted by Crippen LogP contribution is -2.23. The monoisotopic (exact) mass is 468 g/mol. The average molecular weight is 469 g/mol. The van der Waals surface area contributed by atoms with E-state index in [9.17, 15) is 10.0 Å². The Labute approximate surface area is 184 Å². The maximum atomic E-state index is 12.1. The van der Waals surface area contributed by atoms with Crippen molar-refractivity contribution in [2.45, 2.75) is 25.8 Å². The van der Waals surface area contributed by atoms with Crippen LogP contribution >= 0.6 is 15.9 Å². The van der Waals surface area contributed by atoms with Gasteiger partial charge in [-0.3, -0.25) is 4.79 Å². The zero-order valence-corrected chi connectivity index (χ0v) is 18.7. The van der Waals surface area contributed by atoms with Crippen LogP contribution in [0.5, 0.6) is 0 Å². The summed E-state index contributed by atoms with van der Waals surface area (Å²) in [5, 5.41) is 13.4. The number of methoxy groups -OCH3 is 1. The van der Waals surface area contributed by atoms with E-state index in [2.05, 4.69) is 52.3 Å². The van der Waals surface area contributed by atoms with Gasteiger partial charge >= 0.3 is 0 Å². The number of aryl methyl sites for hydroxylation is 1. The molecule has 0 spiro atoms. The van der Waals surface area contributed by atoms with Gasteiger partial charge in [0.05, 0.1) is 12.3 Å². The predicted molar refractivity (Wildman–Crippen MR) is 123 cm³/mol. The minimum Gasteiger partial charge on any atom is -0.411 e. The molecule has 0 fully saturated rings. The van der Waals surface area contributed by atoms with Crippen LogP contribution in [0.4, 0.5) is 0 Å². The second kappa shape index (κ2) is 10.4. The molecule has 0 aliphatic rings. The summed E-state index contributed by atoms with van der Waals surface area (Å²) in [5.74, 6) is 0.00422. The first-order chi connectivity index (χ1) is 14.5. The second-order valence-corrected chi connectivity index (χ2v) is 8.07. The zero-order valence-electron chi connectivity index (χ0n) is 17.1. The molecule has 0 saturated heterocycles. The fourth-order valence-corrected chi connectivity index (χ4v) is 3.82. The van der Waals surface area contributed by atoms with Crippen molar-refractivity contribution in [3.8, 4) is 0 Å². The van der Waals surface area contributed by atoms with Gasteiger partial charge in [-0.05, 0) is 41.8 Å². The molecule has 0 aliphatic carbocycles. The first-order valence-electron chi connectivity index (χ1n) is 9.75. The molecular weight excluding hydrogens is 444 g/mol. The first-order valence-corrected chi connectivity index (χ1v) is 10.5. The smallest absolute Gasteiger partial charge is 0.250 e. The topological polar surface area (TPSA) is 63.8 Å². The van der Waals surface area contributed by atoms with Crippen molar-refractivity contribution in [1.82, 2.24) is 4.57 Å². The van der Waals surface area contributed by atoms with E-state index in [1.165, 1.54) is 17.2 Å². The van der Waals surface area contributed by atoms with E-state index in [4.69, 9.17) is 4.74 Å². The fraction of sp³-hybridized carbons (Fsp3) is 0.250. The SMILES string of the molecule is COCCn1cc(/C(CC(c2ccc(Br)cc2)c2ccccc2C)=N\O)ccc1=O. The van der Waals surface area contributed by atoms with Gasteiger partial charge in [0.25, 0.3) is 5.56 Å². The van der Waals surface area contributed by atoms with E-state index in [0.29, 0.717) is 30.8 Å². The van der Waals surface area contributed by atoms with Crippen LogP contribution in [-0.2, 0) is 11.3 Å². The molecule has 0 amide bonds. The lowest BCUT2D eigenvalue weighted by atomic mass is 9.83. The Morgan fingerprint density at radius 3 is 2.53 bits per heavy atom. The number of oxime groups is 1. The molecule has 0 aliphatic heterocycles. The molecule has 1 N–H and O–H groups in total. The van der Waals surface area contributed by atoms with Crippen LogP contribution in [0.3, 0.4) is 0 Å². The van der Waals surface area contributed by atoms with E-state index in [1.54, 1.807) is 23.9 Å². The van der Waals surface area contributed by atoms with E-state index >= 15 is 0 Å². The third kappa shape index (κ3) is 5.26. The Hall–Kier alpha value is -2.70. The van der Waals surface area contributed by atoms with Crippen LogP contribution < -0.4 is 5.56 Å². The number of halogens is 1. The predicted octanol–water partition coefficient (Wildman–Crippen LogP) is 4.97. The Morgan fingerprint density at radius 2 is 1.87 bits per heavy atom. The highest BCUT2D eigenvalue weighted by Crippen LogP contribution is 2.32. The van der Waals surface area contributed by atoms with Crippen LogP contribution in [-0.4, -0.2) is 29.2 Å². The number of pyridine rings is 1. The Morgan fingerprint density at radius 1 is 1.13 bits per heavy atom. The molecule has 6 heteroatoms. The molecular formula is C24H25BrN2O3. The van der Waals surface area contributed by atoms with Crippen molar-refractivity contribution in [2.75, 3.05) is 13.7 Å². The molecule has 5 nitrogen and oxygen atoms in total. The normalized spacial score (nSPS) is 12.7. The number of rotatable bonds is 8. The van der Waals surface area contributed by atoms with Crippen LogP contribution in [0.2, 0.25) is 0 Å². The van der Waals surface area contributed by atoms with Gasteiger partial charge in [0.2, 0.25) is 0 Å². The molecule has 1 aromatic heterocycles. The largest absolute Gasteiger partial charge is 0.411 e. The highest BCUT2D eigenvalue weighted by atomic mass is 79.9. The Bertz CT molecular complexity index is 1070. The van der Waals surface area contributed by atoms with Crippen molar-refractivity contribution < 1.29 is 9.94 Å². The van der Waals surface area contributed by atoms with Gasteiger partial charge in [-0.15, -0.1) is 0 Å². The highest BCUT2D eigenvalue weighted by Gasteiger charge is 2.20. The number of nitrogens with zero attached hydrogens (tertiary/aromatic N) is 2. The minimum absolute atomic E-state index is 0.00422. The lowest BCUT2D eigenvalue weighted by Gasteiger charge is -2.21. The molecule has 0 radical (unpaired) electrons. The number of benzene rings is 2. The minimum atomic E-state index is -0.114. The maximum Gasteiger partial charge on any atom is 0.250 e. The molecule has 156 valence electrons. The number of ether oxygens (including phenoxy) is 1. The lowest BCUT2D eigenvalue weighted by molar-refractivity contribution is 0.186. The molecule has 1 atom stereocenters. The summed E-state index contributed by atoms with van der Waals surface area (Å²) < 4.78 is 7.67. The van der Waals surface area contributed by atoms with Gasteiger partial charge in [0, 0.05) is 48.3 Å². The molecule has 1 heterocycles. The Kier molecular flexibility index (Phi) is 7.60. The van der Waals surface area contributed by atoms with Gasteiger partial charge in [0.1, 0.15) is 0 Å². The van der Waals surface area contributed by atoms with Gasteiger partial charge in [-0.1, -0.05) is 57.5 Å². The third-order valence-corrected chi connectivity index (χ3v) is 5.74. The standard InChI is InChI=1S/C24H25BrN2O3/c1-17-5-3-4-6-21(17)22(18-7-10-20(25)11-8-18)15-23(26-29)19-9-12-24(28)27(16-19)13-14-30-2/h3-12,16,22,29H,13-15H2,1-2H3/b26-23-. The zero-order chi connectivity index (χ0) is 21.5. The van der Waals surface area contributed by atoms with Crippen molar-refractivity contribution >= 4 is 21.6 Å². The summed E-state index contributed by atoms with van der Waals surface area (Å²) in [5.41, 5.74) is 4.60. The van der Waals surface area contributed by atoms with Crippen molar-refractivity contribution in [1.29, 1.82) is 0 Å². The quantitative estimate of drug-likeness (QED) is 0.288. The van der Waals surface area contributed by atoms with E-state index in [0.717, 1.165) is 10.0 Å². The molecule has 3 rings (SSSR count). The van der Waals surface area contributed by atoms with Crippen LogP contribution in [0.1, 0.15) is 34.6 Å². The number of aromatic nitrogens is 1. The van der Waals surface area contributed by atoms with Gasteiger partial charge in [-0.25, -0.2) is 0 Å². The summed E-state index contributed by atoms with van der Waals surface area (Å²) in [6.45, 7) is 2.96. The second-order valence-electron chi connectivity index (χ2n) is 7.15. The highest BCUT2D eigenvalue weighted by molar-refractivity contribution is 9.10. The molecule has 30 heavy (non-hydrogen) atoms. The summed E-state index contributed by atoms with van der Waals surface area (Å²) >= 11 is 3.50. The van der Waals surface area contributed by atoms with Crippen molar-refractivity contribution in [2.24, 2.45) is 5.16 Å². The average Bonchev–Trinajstić information content (AvgIpc) is 2.76. The first kappa shape index (κ1) is 22.0. The molecule has 1 unspecified atom stereocenters. The van der Waals surface area contributed by atoms with Crippen LogP contribution in [0, 0.1) is 6.92 Å². The third-order valence-electron chi connectivity index (χ3n) is 5.21. The van der Waals surface area contributed by atoms with Crippen LogP contribution in [0.15, 0.2) is 81.3 Å². The number of hydrogen-bond acceptors (Lipinski definition) is 4. The van der Waals surface area contributed by atoms with Crippen LogP contribution in [0.25, 0.3) is 0 Å². The molecule has 0 bridgehead atoms. The molecule has 3 aromatic rings. The van der Waals surface area contributed by atoms with E-state index < -0.39 is 0 Å².